The van der Waals surface area contributed by atoms with Gasteiger partial charge >= 0.3 is 5.69 Å². The second-order valence-electron chi connectivity index (χ2n) is 6.42. The summed E-state index contributed by atoms with van der Waals surface area (Å²) in [4.78, 5) is 25.4. The Morgan fingerprint density at radius 1 is 0.931 bits per heavy atom. The van der Waals surface area contributed by atoms with Crippen molar-refractivity contribution in [3.8, 4) is 17.5 Å². The molecule has 2 heterocycles. The van der Waals surface area contributed by atoms with Crippen molar-refractivity contribution >= 4 is 11.0 Å². The fourth-order valence-electron chi connectivity index (χ4n) is 3.03. The highest BCUT2D eigenvalue weighted by molar-refractivity contribution is 5.73. The predicted octanol–water partition coefficient (Wildman–Crippen LogP) is 2.10. The van der Waals surface area contributed by atoms with Gasteiger partial charge in [0.15, 0.2) is 17.2 Å². The molecule has 6 nitrogen and oxygen atoms in total. The molecule has 0 saturated carbocycles. The molecule has 2 aromatic carbocycles. The molecule has 29 heavy (non-hydrogen) atoms. The first-order chi connectivity index (χ1) is 13.9. The summed E-state index contributed by atoms with van der Waals surface area (Å²) >= 11 is 0. The highest BCUT2D eigenvalue weighted by Crippen LogP contribution is 2.18. The molecule has 0 fully saturated rings. The molecule has 8 heteroatoms. The summed E-state index contributed by atoms with van der Waals surface area (Å²) < 4.78 is 32.5. The van der Waals surface area contributed by atoms with Crippen LogP contribution in [-0.4, -0.2) is 18.9 Å². The number of benzene rings is 2. The molecular weight excluding hydrogens is 378 g/mol. The van der Waals surface area contributed by atoms with Crippen molar-refractivity contribution in [1.82, 2.24) is 18.9 Å². The molecule has 4 rings (SSSR count). The summed E-state index contributed by atoms with van der Waals surface area (Å²) in [6, 6.07) is 10.9. The van der Waals surface area contributed by atoms with Gasteiger partial charge in [-0.2, -0.15) is 5.10 Å². The van der Waals surface area contributed by atoms with Gasteiger partial charge < -0.3 is 0 Å². The van der Waals surface area contributed by atoms with E-state index in [0.29, 0.717) is 10.1 Å². The van der Waals surface area contributed by atoms with Gasteiger partial charge in [0.25, 0.3) is 5.56 Å². The van der Waals surface area contributed by atoms with Crippen LogP contribution in [0.5, 0.6) is 0 Å². The molecule has 0 bridgehead atoms. The van der Waals surface area contributed by atoms with E-state index in [1.54, 1.807) is 31.3 Å². The summed E-state index contributed by atoms with van der Waals surface area (Å²) in [6.07, 6.45) is 1.48. The molecule has 0 spiro atoms. The van der Waals surface area contributed by atoms with Gasteiger partial charge in [-0.05, 0) is 24.3 Å². The minimum atomic E-state index is -1.07. The summed E-state index contributed by atoms with van der Waals surface area (Å²) in [6.45, 7) is 0. The minimum absolute atomic E-state index is 0.0682. The average molecular weight is 392 g/mol. The number of fused-ring (bicyclic) bond motifs is 1. The summed E-state index contributed by atoms with van der Waals surface area (Å²) in [5.74, 6) is 3.34. The molecule has 0 aliphatic rings. The van der Waals surface area contributed by atoms with Crippen LogP contribution in [0.25, 0.3) is 16.7 Å². The zero-order chi connectivity index (χ0) is 20.7. The quantitative estimate of drug-likeness (QED) is 0.466. The van der Waals surface area contributed by atoms with E-state index in [1.165, 1.54) is 17.9 Å². The summed E-state index contributed by atoms with van der Waals surface area (Å²) in [5, 5.41) is 4.00. The third-order valence-corrected chi connectivity index (χ3v) is 4.42. The van der Waals surface area contributed by atoms with Crippen LogP contribution >= 0.6 is 0 Å². The SMILES string of the molecule is Cn1cc2c(n1)c(=O)n(-c1c(F)cc(C#Cc3ccccc3)cc1F)c(=O)n2C. The van der Waals surface area contributed by atoms with Crippen LogP contribution in [0.15, 0.2) is 58.3 Å². The Hall–Kier alpha value is -3.99. The molecule has 0 radical (unpaired) electrons. The molecule has 0 atom stereocenters. The van der Waals surface area contributed by atoms with Crippen molar-refractivity contribution in [1.29, 1.82) is 0 Å². The molecule has 0 aliphatic heterocycles. The van der Waals surface area contributed by atoms with Crippen LogP contribution < -0.4 is 11.2 Å². The Morgan fingerprint density at radius 2 is 1.55 bits per heavy atom. The van der Waals surface area contributed by atoms with Gasteiger partial charge in [0.1, 0.15) is 5.69 Å². The van der Waals surface area contributed by atoms with Crippen molar-refractivity contribution in [2.45, 2.75) is 0 Å². The third-order valence-electron chi connectivity index (χ3n) is 4.42. The van der Waals surface area contributed by atoms with Gasteiger partial charge in [-0.1, -0.05) is 30.0 Å². The van der Waals surface area contributed by atoms with Crippen LogP contribution in [-0.2, 0) is 14.1 Å². The van der Waals surface area contributed by atoms with E-state index >= 15 is 0 Å². The van der Waals surface area contributed by atoms with E-state index in [2.05, 4.69) is 16.9 Å². The fraction of sp³-hybridized carbons (Fsp3) is 0.0952. The van der Waals surface area contributed by atoms with Gasteiger partial charge in [0, 0.05) is 31.4 Å². The number of aromatic nitrogens is 4. The van der Waals surface area contributed by atoms with Crippen LogP contribution in [0.3, 0.4) is 0 Å². The molecule has 144 valence electrons. The zero-order valence-electron chi connectivity index (χ0n) is 15.5. The second kappa shape index (κ2) is 6.87. The lowest BCUT2D eigenvalue weighted by Gasteiger charge is -2.10. The van der Waals surface area contributed by atoms with E-state index in [-0.39, 0.29) is 16.6 Å². The largest absolute Gasteiger partial charge is 0.336 e. The Balaban J connectivity index is 1.91. The van der Waals surface area contributed by atoms with E-state index in [4.69, 9.17) is 0 Å². The zero-order valence-corrected chi connectivity index (χ0v) is 15.5. The first-order valence-corrected chi connectivity index (χ1v) is 8.58. The van der Waals surface area contributed by atoms with E-state index in [0.717, 1.165) is 16.7 Å². The monoisotopic (exact) mass is 392 g/mol. The fourth-order valence-corrected chi connectivity index (χ4v) is 3.03. The Bertz CT molecular complexity index is 1410. The van der Waals surface area contributed by atoms with E-state index in [1.807, 2.05) is 6.07 Å². The highest BCUT2D eigenvalue weighted by Gasteiger charge is 2.21. The van der Waals surface area contributed by atoms with Crippen molar-refractivity contribution in [3.63, 3.8) is 0 Å². The van der Waals surface area contributed by atoms with Gasteiger partial charge in [-0.15, -0.1) is 0 Å². The maximum atomic E-state index is 14.8. The predicted molar refractivity (Wildman–Crippen MR) is 104 cm³/mol. The van der Waals surface area contributed by atoms with Crippen molar-refractivity contribution in [2.75, 3.05) is 0 Å². The Kier molecular flexibility index (Phi) is 4.35. The van der Waals surface area contributed by atoms with E-state index < -0.39 is 28.6 Å². The van der Waals surface area contributed by atoms with Crippen LogP contribution in [0, 0.1) is 23.5 Å². The number of aryl methyl sites for hydroxylation is 2. The second-order valence-corrected chi connectivity index (χ2v) is 6.42. The molecule has 0 N–H and O–H groups in total. The lowest BCUT2D eigenvalue weighted by atomic mass is 10.1. The number of hydrogen-bond donors (Lipinski definition) is 0. The van der Waals surface area contributed by atoms with Crippen molar-refractivity contribution in [3.05, 3.63) is 92.3 Å². The van der Waals surface area contributed by atoms with Crippen LogP contribution in [0.2, 0.25) is 0 Å². The van der Waals surface area contributed by atoms with E-state index in [9.17, 15) is 18.4 Å². The number of hydrogen-bond acceptors (Lipinski definition) is 3. The topological polar surface area (TPSA) is 61.8 Å². The van der Waals surface area contributed by atoms with Crippen molar-refractivity contribution < 1.29 is 8.78 Å². The third kappa shape index (κ3) is 3.12. The Morgan fingerprint density at radius 3 is 2.21 bits per heavy atom. The number of halogens is 2. The van der Waals surface area contributed by atoms with Gasteiger partial charge in [-0.25, -0.2) is 18.1 Å². The molecule has 4 aromatic rings. The lowest BCUT2D eigenvalue weighted by Crippen LogP contribution is -2.38. The molecule has 0 saturated heterocycles. The molecular formula is C21H14F2N4O2. The molecule has 0 unspecified atom stereocenters. The van der Waals surface area contributed by atoms with Gasteiger partial charge in [-0.3, -0.25) is 14.0 Å². The minimum Gasteiger partial charge on any atom is -0.293 e. The maximum Gasteiger partial charge on any atom is 0.336 e. The normalized spacial score (nSPS) is 10.8. The number of rotatable bonds is 1. The standard InChI is InChI=1S/C21H14F2N4O2/c1-25-12-17-18(24-25)20(28)27(21(29)26(17)2)19-15(22)10-14(11-16(19)23)9-8-13-6-4-3-5-7-13/h3-7,10-12H,1-2H3. The summed E-state index contributed by atoms with van der Waals surface area (Å²) in [5.41, 5.74) is -1.57. The maximum absolute atomic E-state index is 14.8. The summed E-state index contributed by atoms with van der Waals surface area (Å²) in [7, 11) is 2.98. The smallest absolute Gasteiger partial charge is 0.293 e. The number of nitrogens with zero attached hydrogens (tertiary/aromatic N) is 4. The average Bonchev–Trinajstić information content (AvgIpc) is 3.09. The van der Waals surface area contributed by atoms with Gasteiger partial charge in [0.05, 0.1) is 5.52 Å². The van der Waals surface area contributed by atoms with Gasteiger partial charge in [0.2, 0.25) is 0 Å². The highest BCUT2D eigenvalue weighted by atomic mass is 19.1. The molecule has 2 aromatic heterocycles. The van der Waals surface area contributed by atoms with Crippen molar-refractivity contribution in [2.24, 2.45) is 14.1 Å². The molecule has 0 amide bonds. The van der Waals surface area contributed by atoms with Crippen LogP contribution in [0.4, 0.5) is 8.78 Å². The Labute approximate surface area is 163 Å². The first-order valence-electron chi connectivity index (χ1n) is 8.58. The first kappa shape index (κ1) is 18.4. The van der Waals surface area contributed by atoms with Crippen LogP contribution in [0.1, 0.15) is 11.1 Å². The molecule has 0 aliphatic carbocycles. The lowest BCUT2D eigenvalue weighted by molar-refractivity contribution is 0.559.